The molecule has 37 heavy (non-hydrogen) atoms. The molecule has 0 radical (unpaired) electrons. The van der Waals surface area contributed by atoms with Gasteiger partial charge in [0.05, 0.1) is 11.5 Å². The van der Waals surface area contributed by atoms with Gasteiger partial charge in [0.25, 0.3) is 5.91 Å². The lowest BCUT2D eigenvalue weighted by molar-refractivity contribution is 0.0604. The van der Waals surface area contributed by atoms with E-state index < -0.39 is 0 Å². The molecular formula is C27H37Cl2N5O2S. The lowest BCUT2D eigenvalue weighted by atomic mass is 9.89. The van der Waals surface area contributed by atoms with Gasteiger partial charge in [0.2, 0.25) is 5.95 Å². The monoisotopic (exact) mass is 565 g/mol. The van der Waals surface area contributed by atoms with Crippen molar-refractivity contribution in [2.24, 2.45) is 0 Å². The summed E-state index contributed by atoms with van der Waals surface area (Å²) in [4.78, 5) is 27.3. The molecule has 0 saturated heterocycles. The number of benzene rings is 1. The van der Waals surface area contributed by atoms with Gasteiger partial charge < -0.3 is 19.9 Å². The van der Waals surface area contributed by atoms with Gasteiger partial charge in [-0.05, 0) is 68.8 Å². The lowest BCUT2D eigenvalue weighted by Crippen LogP contribution is -2.44. The van der Waals surface area contributed by atoms with Crippen LogP contribution in [0.25, 0.3) is 11.1 Å². The molecule has 0 atom stereocenters. The molecule has 1 N–H and O–H groups in total. The van der Waals surface area contributed by atoms with Crippen molar-refractivity contribution < 1.29 is 9.53 Å². The second kappa shape index (κ2) is 14.5. The zero-order chi connectivity index (χ0) is 24.8. The molecule has 1 aromatic carbocycles. The largest absolute Gasteiger partial charge is 0.494 e. The zero-order valence-corrected chi connectivity index (χ0v) is 24.3. The SMILES string of the molecule is CCOc1ccc(-c2cnc(N(C)C)nc2)cc1CN(C(=O)c1cccs1)C1CCC(NC)CC1.Cl.Cl. The molecule has 1 saturated carbocycles. The molecule has 1 amide bonds. The van der Waals surface area contributed by atoms with E-state index in [4.69, 9.17) is 4.74 Å². The van der Waals surface area contributed by atoms with Crippen LogP contribution in [0.5, 0.6) is 5.75 Å². The molecular weight excluding hydrogens is 529 g/mol. The molecule has 1 aliphatic carbocycles. The Morgan fingerprint density at radius 1 is 1.08 bits per heavy atom. The number of thiophene rings is 1. The minimum Gasteiger partial charge on any atom is -0.494 e. The van der Waals surface area contributed by atoms with Crippen LogP contribution >= 0.6 is 36.2 Å². The summed E-state index contributed by atoms with van der Waals surface area (Å²) in [6, 6.07) is 10.7. The molecule has 1 aliphatic rings. The number of rotatable bonds is 9. The Kier molecular flexibility index (Phi) is 12.1. The molecule has 2 heterocycles. The predicted molar refractivity (Wildman–Crippen MR) is 157 cm³/mol. The maximum atomic E-state index is 13.6. The third kappa shape index (κ3) is 7.57. The number of carbonyl (C=O) groups is 1. The Morgan fingerprint density at radius 3 is 2.35 bits per heavy atom. The normalized spacial score (nSPS) is 16.8. The van der Waals surface area contributed by atoms with Crippen LogP contribution < -0.4 is 15.0 Å². The summed E-state index contributed by atoms with van der Waals surface area (Å²) in [5.74, 6) is 1.58. The van der Waals surface area contributed by atoms with Gasteiger partial charge in [0, 0.05) is 56.2 Å². The van der Waals surface area contributed by atoms with Crippen LogP contribution in [-0.4, -0.2) is 60.6 Å². The average Bonchev–Trinajstić information content (AvgIpc) is 3.43. The summed E-state index contributed by atoms with van der Waals surface area (Å²) in [6.07, 6.45) is 7.82. The first kappa shape index (κ1) is 30.8. The van der Waals surface area contributed by atoms with Gasteiger partial charge in [-0.15, -0.1) is 36.2 Å². The van der Waals surface area contributed by atoms with Gasteiger partial charge >= 0.3 is 0 Å². The van der Waals surface area contributed by atoms with E-state index in [1.54, 1.807) is 0 Å². The van der Waals surface area contributed by atoms with Crippen LogP contribution in [0, 0.1) is 0 Å². The fourth-order valence-electron chi connectivity index (χ4n) is 4.65. The number of nitrogens with one attached hydrogen (secondary N) is 1. The molecule has 0 unspecified atom stereocenters. The number of anilines is 1. The van der Waals surface area contributed by atoms with Crippen molar-refractivity contribution >= 4 is 48.0 Å². The van der Waals surface area contributed by atoms with E-state index in [1.165, 1.54) is 11.3 Å². The molecule has 0 bridgehead atoms. The van der Waals surface area contributed by atoms with E-state index in [2.05, 4.69) is 26.3 Å². The van der Waals surface area contributed by atoms with Gasteiger partial charge in [-0.3, -0.25) is 4.79 Å². The summed E-state index contributed by atoms with van der Waals surface area (Å²) in [6.45, 7) is 3.06. The van der Waals surface area contributed by atoms with Crippen LogP contribution in [-0.2, 0) is 6.54 Å². The molecule has 10 heteroatoms. The number of hydrogen-bond donors (Lipinski definition) is 1. The molecule has 0 aliphatic heterocycles. The number of halogens is 2. The summed E-state index contributed by atoms with van der Waals surface area (Å²) in [5.41, 5.74) is 2.95. The highest BCUT2D eigenvalue weighted by molar-refractivity contribution is 7.12. The van der Waals surface area contributed by atoms with Crippen LogP contribution in [0.2, 0.25) is 0 Å². The van der Waals surface area contributed by atoms with Gasteiger partial charge in [-0.2, -0.15) is 0 Å². The highest BCUT2D eigenvalue weighted by atomic mass is 35.5. The number of carbonyl (C=O) groups excluding carboxylic acids is 1. The van der Waals surface area contributed by atoms with E-state index in [0.29, 0.717) is 25.1 Å². The van der Waals surface area contributed by atoms with Crippen molar-refractivity contribution in [3.05, 3.63) is 58.5 Å². The molecule has 3 aromatic rings. The third-order valence-corrected chi connectivity index (χ3v) is 7.47. The number of nitrogens with zero attached hydrogens (tertiary/aromatic N) is 4. The highest BCUT2D eigenvalue weighted by Crippen LogP contribution is 2.32. The number of ether oxygens (including phenoxy) is 1. The lowest BCUT2D eigenvalue weighted by Gasteiger charge is -2.37. The number of amides is 1. The van der Waals surface area contributed by atoms with Crippen LogP contribution in [0.15, 0.2) is 48.1 Å². The molecule has 7 nitrogen and oxygen atoms in total. The Balaban J connectivity index is 0.00000241. The Morgan fingerprint density at radius 2 is 1.78 bits per heavy atom. The Labute approximate surface area is 236 Å². The van der Waals surface area contributed by atoms with Crippen molar-refractivity contribution in [2.45, 2.75) is 51.2 Å². The average molecular weight is 567 g/mol. The topological polar surface area (TPSA) is 70.6 Å². The van der Waals surface area contributed by atoms with E-state index in [1.807, 2.05) is 75.0 Å². The summed E-state index contributed by atoms with van der Waals surface area (Å²) in [5, 5.41) is 5.36. The first-order valence-corrected chi connectivity index (χ1v) is 13.1. The second-order valence-corrected chi connectivity index (χ2v) is 10.1. The molecule has 202 valence electrons. The fourth-order valence-corrected chi connectivity index (χ4v) is 5.33. The maximum absolute atomic E-state index is 13.6. The van der Waals surface area contributed by atoms with Crippen LogP contribution in [0.3, 0.4) is 0 Å². The smallest absolute Gasteiger partial charge is 0.264 e. The van der Waals surface area contributed by atoms with E-state index in [0.717, 1.165) is 53.0 Å². The zero-order valence-electron chi connectivity index (χ0n) is 21.8. The molecule has 2 aromatic heterocycles. The quantitative estimate of drug-likeness (QED) is 0.359. The van der Waals surface area contributed by atoms with Crippen molar-refractivity contribution in [3.63, 3.8) is 0 Å². The van der Waals surface area contributed by atoms with Gasteiger partial charge in [0.1, 0.15) is 5.75 Å². The van der Waals surface area contributed by atoms with Crippen molar-refractivity contribution in [2.75, 3.05) is 32.6 Å². The van der Waals surface area contributed by atoms with E-state index in [9.17, 15) is 4.79 Å². The summed E-state index contributed by atoms with van der Waals surface area (Å²) < 4.78 is 5.99. The highest BCUT2D eigenvalue weighted by Gasteiger charge is 2.30. The van der Waals surface area contributed by atoms with Gasteiger partial charge in [-0.25, -0.2) is 9.97 Å². The summed E-state index contributed by atoms with van der Waals surface area (Å²) >= 11 is 1.50. The second-order valence-electron chi connectivity index (χ2n) is 9.13. The van der Waals surface area contributed by atoms with Crippen molar-refractivity contribution in [1.82, 2.24) is 20.2 Å². The molecule has 4 rings (SSSR count). The Hall–Kier alpha value is -2.39. The number of aromatic nitrogens is 2. The van der Waals surface area contributed by atoms with Crippen LogP contribution in [0.4, 0.5) is 5.95 Å². The van der Waals surface area contributed by atoms with Crippen molar-refractivity contribution in [3.8, 4) is 16.9 Å². The van der Waals surface area contributed by atoms with Gasteiger partial charge in [-0.1, -0.05) is 12.1 Å². The Bertz CT molecular complexity index is 1100. The first-order chi connectivity index (χ1) is 17.0. The van der Waals surface area contributed by atoms with Crippen molar-refractivity contribution in [1.29, 1.82) is 0 Å². The first-order valence-electron chi connectivity index (χ1n) is 12.3. The minimum atomic E-state index is 0. The standard InChI is InChI=1S/C27H35N5O2S.2ClH/c1-5-34-24-13-8-19(21-16-29-27(30-17-21)31(3)4)15-20(24)18-32(26(33)25-7-6-14-35-25)23-11-9-22(28-2)10-12-23;;/h6-8,13-17,22-23,28H,5,9-12,18H2,1-4H3;2*1H. The van der Waals surface area contributed by atoms with Gasteiger partial charge in [0.15, 0.2) is 0 Å². The number of hydrogen-bond acceptors (Lipinski definition) is 7. The maximum Gasteiger partial charge on any atom is 0.264 e. The molecule has 1 fully saturated rings. The minimum absolute atomic E-state index is 0. The van der Waals surface area contributed by atoms with E-state index in [-0.39, 0.29) is 36.8 Å². The molecule has 0 spiro atoms. The predicted octanol–water partition coefficient (Wildman–Crippen LogP) is 5.69. The summed E-state index contributed by atoms with van der Waals surface area (Å²) in [7, 11) is 5.87. The van der Waals surface area contributed by atoms with Crippen LogP contribution in [0.1, 0.15) is 47.8 Å². The third-order valence-electron chi connectivity index (χ3n) is 6.61. The van der Waals surface area contributed by atoms with E-state index >= 15 is 0 Å². The fraction of sp³-hybridized carbons (Fsp3) is 0.444.